The largest absolute Gasteiger partial charge is 0.356 e. The number of hydrogen-bond donors (Lipinski definition) is 0. The Morgan fingerprint density at radius 3 is 3.00 bits per heavy atom. The maximum Gasteiger partial charge on any atom is 0.119 e. The van der Waals surface area contributed by atoms with Crippen LogP contribution in [0.3, 0.4) is 0 Å². The van der Waals surface area contributed by atoms with Gasteiger partial charge in [0.2, 0.25) is 0 Å². The standard InChI is InChI=1S/C13H18ClNO/c1-10(2)6-7-15-9-16-8-11-12(14)4-3-5-13(11)15/h3-5,10H,6-9H2,1-2H3. The number of benzene rings is 1. The first kappa shape index (κ1) is 11.7. The molecule has 2 nitrogen and oxygen atoms in total. The van der Waals surface area contributed by atoms with Crippen molar-refractivity contribution < 1.29 is 4.74 Å². The summed E-state index contributed by atoms with van der Waals surface area (Å²) < 4.78 is 5.56. The molecule has 0 radical (unpaired) electrons. The highest BCUT2D eigenvalue weighted by atomic mass is 35.5. The van der Waals surface area contributed by atoms with Crippen LogP contribution in [0.5, 0.6) is 0 Å². The van der Waals surface area contributed by atoms with Crippen molar-refractivity contribution in [3.8, 4) is 0 Å². The molecular formula is C13H18ClNO. The smallest absolute Gasteiger partial charge is 0.119 e. The predicted octanol–water partition coefficient (Wildman–Crippen LogP) is 3.68. The third kappa shape index (κ3) is 2.50. The molecule has 0 saturated carbocycles. The first-order valence-corrected chi connectivity index (χ1v) is 6.16. The molecule has 88 valence electrons. The van der Waals surface area contributed by atoms with Crippen molar-refractivity contribution in [1.82, 2.24) is 0 Å². The lowest BCUT2D eigenvalue weighted by molar-refractivity contribution is 0.109. The highest BCUT2D eigenvalue weighted by molar-refractivity contribution is 6.31. The zero-order valence-electron chi connectivity index (χ0n) is 9.87. The number of rotatable bonds is 3. The van der Waals surface area contributed by atoms with E-state index in [1.807, 2.05) is 12.1 Å². The van der Waals surface area contributed by atoms with Crippen LogP contribution in [-0.4, -0.2) is 13.3 Å². The molecule has 0 N–H and O–H groups in total. The Morgan fingerprint density at radius 1 is 1.44 bits per heavy atom. The average molecular weight is 240 g/mol. The maximum absolute atomic E-state index is 6.16. The molecular weight excluding hydrogens is 222 g/mol. The summed E-state index contributed by atoms with van der Waals surface area (Å²) >= 11 is 6.16. The summed E-state index contributed by atoms with van der Waals surface area (Å²) in [5, 5.41) is 0.812. The SMILES string of the molecule is CC(C)CCN1COCc2c(Cl)cccc21. The van der Waals surface area contributed by atoms with Gasteiger partial charge in [-0.15, -0.1) is 0 Å². The van der Waals surface area contributed by atoms with E-state index in [-0.39, 0.29) is 0 Å². The molecule has 1 aromatic carbocycles. The minimum absolute atomic E-state index is 0.632. The molecule has 0 unspecified atom stereocenters. The molecule has 16 heavy (non-hydrogen) atoms. The average Bonchev–Trinajstić information content (AvgIpc) is 2.27. The van der Waals surface area contributed by atoms with Crippen LogP contribution < -0.4 is 4.90 Å². The molecule has 1 aliphatic heterocycles. The lowest BCUT2D eigenvalue weighted by Gasteiger charge is -2.32. The monoisotopic (exact) mass is 239 g/mol. The van der Waals surface area contributed by atoms with E-state index in [4.69, 9.17) is 16.3 Å². The van der Waals surface area contributed by atoms with Crippen molar-refractivity contribution >= 4 is 17.3 Å². The molecule has 2 rings (SSSR count). The van der Waals surface area contributed by atoms with Gasteiger partial charge in [-0.3, -0.25) is 0 Å². The molecule has 0 bridgehead atoms. The van der Waals surface area contributed by atoms with Crippen LogP contribution in [-0.2, 0) is 11.3 Å². The van der Waals surface area contributed by atoms with Gasteiger partial charge in [0, 0.05) is 22.8 Å². The van der Waals surface area contributed by atoms with Gasteiger partial charge in [-0.25, -0.2) is 0 Å². The molecule has 1 aliphatic rings. The van der Waals surface area contributed by atoms with Crippen LogP contribution in [0.25, 0.3) is 0 Å². The van der Waals surface area contributed by atoms with Crippen LogP contribution >= 0.6 is 11.6 Å². The summed E-state index contributed by atoms with van der Waals surface area (Å²) in [5.41, 5.74) is 2.36. The number of anilines is 1. The number of hydrogen-bond acceptors (Lipinski definition) is 2. The Balaban J connectivity index is 2.16. The van der Waals surface area contributed by atoms with E-state index in [0.29, 0.717) is 19.3 Å². The van der Waals surface area contributed by atoms with E-state index in [1.54, 1.807) is 0 Å². The first-order chi connectivity index (χ1) is 7.68. The summed E-state index contributed by atoms with van der Waals surface area (Å²) in [5.74, 6) is 0.713. The van der Waals surface area contributed by atoms with E-state index in [9.17, 15) is 0 Å². The molecule has 3 heteroatoms. The minimum atomic E-state index is 0.632. The van der Waals surface area contributed by atoms with E-state index in [1.165, 1.54) is 12.1 Å². The van der Waals surface area contributed by atoms with Crippen molar-refractivity contribution in [3.63, 3.8) is 0 Å². The van der Waals surface area contributed by atoms with Gasteiger partial charge >= 0.3 is 0 Å². The van der Waals surface area contributed by atoms with E-state index in [0.717, 1.165) is 17.1 Å². The van der Waals surface area contributed by atoms with Gasteiger partial charge in [-0.05, 0) is 24.5 Å². The molecule has 0 spiro atoms. The Hall–Kier alpha value is -0.730. The summed E-state index contributed by atoms with van der Waals surface area (Å²) in [7, 11) is 0. The van der Waals surface area contributed by atoms with Crippen molar-refractivity contribution in [1.29, 1.82) is 0 Å². The fourth-order valence-corrected chi connectivity index (χ4v) is 2.14. The highest BCUT2D eigenvalue weighted by Crippen LogP contribution is 2.31. The quantitative estimate of drug-likeness (QED) is 0.798. The Morgan fingerprint density at radius 2 is 2.25 bits per heavy atom. The second kappa shape index (κ2) is 5.07. The topological polar surface area (TPSA) is 12.5 Å². The third-order valence-electron chi connectivity index (χ3n) is 2.90. The van der Waals surface area contributed by atoms with Gasteiger partial charge in [0.25, 0.3) is 0 Å². The second-order valence-electron chi connectivity index (χ2n) is 4.66. The molecule has 0 aromatic heterocycles. The molecule has 0 atom stereocenters. The fraction of sp³-hybridized carbons (Fsp3) is 0.538. The summed E-state index contributed by atoms with van der Waals surface area (Å²) in [6, 6.07) is 6.06. The Kier molecular flexibility index (Phi) is 3.72. The van der Waals surface area contributed by atoms with Crippen LogP contribution in [0.1, 0.15) is 25.8 Å². The highest BCUT2D eigenvalue weighted by Gasteiger charge is 2.18. The Bertz CT molecular complexity index is 365. The zero-order valence-corrected chi connectivity index (χ0v) is 10.6. The molecule has 0 saturated heterocycles. The summed E-state index contributed by atoms with van der Waals surface area (Å²) in [6.45, 7) is 6.83. The van der Waals surface area contributed by atoms with E-state index >= 15 is 0 Å². The number of halogens is 1. The van der Waals surface area contributed by atoms with Crippen molar-refractivity contribution in [2.24, 2.45) is 5.92 Å². The lowest BCUT2D eigenvalue weighted by Crippen LogP contribution is -2.32. The molecule has 0 amide bonds. The maximum atomic E-state index is 6.16. The van der Waals surface area contributed by atoms with Gasteiger partial charge in [0.15, 0.2) is 0 Å². The third-order valence-corrected chi connectivity index (χ3v) is 3.26. The second-order valence-corrected chi connectivity index (χ2v) is 5.07. The fourth-order valence-electron chi connectivity index (χ4n) is 1.91. The molecule has 0 fully saturated rings. The van der Waals surface area contributed by atoms with Crippen LogP contribution in [0.15, 0.2) is 18.2 Å². The first-order valence-electron chi connectivity index (χ1n) is 5.78. The van der Waals surface area contributed by atoms with Gasteiger partial charge < -0.3 is 9.64 Å². The van der Waals surface area contributed by atoms with E-state index < -0.39 is 0 Å². The van der Waals surface area contributed by atoms with Crippen LogP contribution in [0, 0.1) is 5.92 Å². The predicted molar refractivity (Wildman–Crippen MR) is 67.9 cm³/mol. The minimum Gasteiger partial charge on any atom is -0.356 e. The van der Waals surface area contributed by atoms with Crippen LogP contribution in [0.4, 0.5) is 5.69 Å². The van der Waals surface area contributed by atoms with Crippen LogP contribution in [0.2, 0.25) is 5.02 Å². The van der Waals surface area contributed by atoms with Gasteiger partial charge in [0.05, 0.1) is 6.61 Å². The van der Waals surface area contributed by atoms with Gasteiger partial charge in [0.1, 0.15) is 6.73 Å². The summed E-state index contributed by atoms with van der Waals surface area (Å²) in [6.07, 6.45) is 1.18. The molecule has 1 heterocycles. The lowest BCUT2D eigenvalue weighted by atomic mass is 10.1. The Labute approximate surface area is 102 Å². The number of ether oxygens (including phenoxy) is 1. The van der Waals surface area contributed by atoms with Crippen molar-refractivity contribution in [3.05, 3.63) is 28.8 Å². The summed E-state index contributed by atoms with van der Waals surface area (Å²) in [4.78, 5) is 2.27. The van der Waals surface area contributed by atoms with Crippen molar-refractivity contribution in [2.75, 3.05) is 18.2 Å². The normalized spacial score (nSPS) is 15.4. The zero-order chi connectivity index (χ0) is 11.5. The van der Waals surface area contributed by atoms with Gasteiger partial charge in [-0.2, -0.15) is 0 Å². The van der Waals surface area contributed by atoms with Gasteiger partial charge in [-0.1, -0.05) is 31.5 Å². The van der Waals surface area contributed by atoms with E-state index in [2.05, 4.69) is 24.8 Å². The molecule has 1 aromatic rings. The number of nitrogens with zero attached hydrogens (tertiary/aromatic N) is 1. The molecule has 0 aliphatic carbocycles. The van der Waals surface area contributed by atoms with Crippen molar-refractivity contribution in [2.45, 2.75) is 26.9 Å². The number of fused-ring (bicyclic) bond motifs is 1.